The lowest BCUT2D eigenvalue weighted by molar-refractivity contribution is -0.118. The second-order valence-electron chi connectivity index (χ2n) is 4.91. The second-order valence-corrected chi connectivity index (χ2v) is 4.91. The van der Waals surface area contributed by atoms with Crippen LogP contribution in [0.5, 0.6) is 0 Å². The third kappa shape index (κ3) is 4.45. The summed E-state index contributed by atoms with van der Waals surface area (Å²) in [4.78, 5) is 18.9. The highest BCUT2D eigenvalue weighted by Crippen LogP contribution is 2.20. The number of aryl methyl sites for hydroxylation is 2. The maximum atomic E-state index is 10.8. The molecule has 0 saturated heterocycles. The third-order valence-electron chi connectivity index (χ3n) is 3.07. The van der Waals surface area contributed by atoms with Crippen molar-refractivity contribution in [3.05, 3.63) is 41.6 Å². The highest BCUT2D eigenvalue weighted by Gasteiger charge is 2.04. The fourth-order valence-electron chi connectivity index (χ4n) is 1.99. The van der Waals surface area contributed by atoms with Gasteiger partial charge >= 0.3 is 0 Å². The highest BCUT2D eigenvalue weighted by atomic mass is 16.1. The van der Waals surface area contributed by atoms with E-state index in [2.05, 4.69) is 15.3 Å². The number of carbonyl (C=O) groups is 1. The van der Waals surface area contributed by atoms with Gasteiger partial charge in [-0.25, -0.2) is 4.98 Å². The maximum Gasteiger partial charge on any atom is 0.221 e. The summed E-state index contributed by atoms with van der Waals surface area (Å²) in [7, 11) is 0. The first-order valence-electron chi connectivity index (χ1n) is 6.78. The molecular weight excluding hydrogens is 266 g/mol. The van der Waals surface area contributed by atoms with Crippen molar-refractivity contribution in [2.75, 3.05) is 11.1 Å². The van der Waals surface area contributed by atoms with Gasteiger partial charge in [0.05, 0.1) is 0 Å². The Morgan fingerprint density at radius 2 is 2.19 bits per heavy atom. The number of nitrogens with zero attached hydrogens (tertiary/aromatic N) is 2. The number of aromatic nitrogens is 2. The molecule has 2 rings (SSSR count). The van der Waals surface area contributed by atoms with E-state index in [1.54, 1.807) is 6.20 Å². The Morgan fingerprint density at radius 3 is 2.95 bits per heavy atom. The van der Waals surface area contributed by atoms with Crippen molar-refractivity contribution in [3.63, 3.8) is 0 Å². The summed E-state index contributed by atoms with van der Waals surface area (Å²) in [6.45, 7) is 1.92. The number of primary amides is 1. The number of anilines is 3. The molecule has 0 aliphatic carbocycles. The zero-order valence-electron chi connectivity index (χ0n) is 12.0. The molecule has 0 saturated carbocycles. The van der Waals surface area contributed by atoms with Crippen LogP contribution in [0.15, 0.2) is 30.5 Å². The van der Waals surface area contributed by atoms with Gasteiger partial charge in [-0.1, -0.05) is 12.1 Å². The molecule has 6 nitrogen and oxygen atoms in total. The second kappa shape index (κ2) is 6.69. The summed E-state index contributed by atoms with van der Waals surface area (Å²) in [5.74, 6) is 0.661. The van der Waals surface area contributed by atoms with E-state index in [1.165, 1.54) is 0 Å². The van der Waals surface area contributed by atoms with Crippen molar-refractivity contribution in [1.29, 1.82) is 0 Å². The van der Waals surface area contributed by atoms with Gasteiger partial charge < -0.3 is 16.8 Å². The molecule has 0 aliphatic rings. The molecule has 0 aliphatic heterocycles. The standard InChI is InChI=1S/C15H19N5O/c1-10-9-18-15(17)20-14(10)19-12-6-2-4-11(8-12)5-3-7-13(16)21/h2,4,6,8-9H,3,5,7H2,1H3,(H2,16,21)(H3,17,18,19,20). The van der Waals surface area contributed by atoms with Gasteiger partial charge in [0.1, 0.15) is 5.82 Å². The molecule has 1 heterocycles. The van der Waals surface area contributed by atoms with Crippen LogP contribution in [0.1, 0.15) is 24.0 Å². The molecule has 1 aromatic heterocycles. The molecule has 6 heteroatoms. The lowest BCUT2D eigenvalue weighted by atomic mass is 10.1. The Hall–Kier alpha value is -2.63. The number of hydrogen-bond acceptors (Lipinski definition) is 5. The fourth-order valence-corrected chi connectivity index (χ4v) is 1.99. The van der Waals surface area contributed by atoms with Crippen LogP contribution in [0.25, 0.3) is 0 Å². The molecule has 0 atom stereocenters. The molecule has 1 aromatic carbocycles. The number of nitrogen functional groups attached to an aromatic ring is 1. The summed E-state index contributed by atoms with van der Waals surface area (Å²) in [6, 6.07) is 7.96. The number of rotatable bonds is 6. The van der Waals surface area contributed by atoms with Gasteiger partial charge in [0, 0.05) is 23.9 Å². The maximum absolute atomic E-state index is 10.8. The summed E-state index contributed by atoms with van der Waals surface area (Å²) in [6.07, 6.45) is 3.64. The van der Waals surface area contributed by atoms with Crippen molar-refractivity contribution >= 4 is 23.4 Å². The van der Waals surface area contributed by atoms with Crippen LogP contribution in [0.3, 0.4) is 0 Å². The fraction of sp³-hybridized carbons (Fsp3) is 0.267. The zero-order valence-corrected chi connectivity index (χ0v) is 12.0. The van der Waals surface area contributed by atoms with Crippen LogP contribution in [0.2, 0.25) is 0 Å². The summed E-state index contributed by atoms with van der Waals surface area (Å²) >= 11 is 0. The molecule has 21 heavy (non-hydrogen) atoms. The Kier molecular flexibility index (Phi) is 4.71. The quantitative estimate of drug-likeness (QED) is 0.751. The first-order valence-corrected chi connectivity index (χ1v) is 6.78. The molecule has 0 unspecified atom stereocenters. The van der Waals surface area contributed by atoms with Gasteiger partial charge in [0.15, 0.2) is 0 Å². The number of nitrogens with one attached hydrogen (secondary N) is 1. The lowest BCUT2D eigenvalue weighted by Gasteiger charge is -2.10. The third-order valence-corrected chi connectivity index (χ3v) is 3.07. The average Bonchev–Trinajstić information content (AvgIpc) is 2.43. The van der Waals surface area contributed by atoms with Crippen molar-refractivity contribution in [2.24, 2.45) is 5.73 Å². The van der Waals surface area contributed by atoms with Crippen LogP contribution in [-0.2, 0) is 11.2 Å². The van der Waals surface area contributed by atoms with E-state index in [-0.39, 0.29) is 11.9 Å². The average molecular weight is 285 g/mol. The number of hydrogen-bond donors (Lipinski definition) is 3. The zero-order chi connectivity index (χ0) is 15.2. The van der Waals surface area contributed by atoms with E-state index in [4.69, 9.17) is 11.5 Å². The molecule has 5 N–H and O–H groups in total. The van der Waals surface area contributed by atoms with Gasteiger partial charge in [-0.2, -0.15) is 4.98 Å². The summed E-state index contributed by atoms with van der Waals surface area (Å²) in [5, 5.41) is 3.23. The van der Waals surface area contributed by atoms with Crippen LogP contribution in [-0.4, -0.2) is 15.9 Å². The molecule has 0 radical (unpaired) electrons. The van der Waals surface area contributed by atoms with Gasteiger partial charge in [-0.3, -0.25) is 4.79 Å². The van der Waals surface area contributed by atoms with Gasteiger partial charge in [0.2, 0.25) is 11.9 Å². The van der Waals surface area contributed by atoms with E-state index in [9.17, 15) is 4.79 Å². The van der Waals surface area contributed by atoms with Crippen LogP contribution in [0, 0.1) is 6.92 Å². The van der Waals surface area contributed by atoms with Crippen molar-refractivity contribution in [2.45, 2.75) is 26.2 Å². The number of amides is 1. The lowest BCUT2D eigenvalue weighted by Crippen LogP contribution is -2.10. The summed E-state index contributed by atoms with van der Waals surface area (Å²) in [5.41, 5.74) is 13.7. The molecule has 0 bridgehead atoms. The van der Waals surface area contributed by atoms with Crippen molar-refractivity contribution in [3.8, 4) is 0 Å². The Morgan fingerprint density at radius 1 is 1.38 bits per heavy atom. The van der Waals surface area contributed by atoms with Crippen LogP contribution >= 0.6 is 0 Å². The SMILES string of the molecule is Cc1cnc(N)nc1Nc1cccc(CCCC(N)=O)c1. The van der Waals surface area contributed by atoms with Gasteiger partial charge in [-0.05, 0) is 37.5 Å². The smallest absolute Gasteiger partial charge is 0.221 e. The number of benzene rings is 1. The minimum absolute atomic E-state index is 0.237. The van der Waals surface area contributed by atoms with Crippen LogP contribution < -0.4 is 16.8 Å². The number of carbonyl (C=O) groups excluding carboxylic acids is 1. The molecule has 0 spiro atoms. The van der Waals surface area contributed by atoms with E-state index in [1.807, 2.05) is 31.2 Å². The molecule has 1 amide bonds. The predicted molar refractivity (Wildman–Crippen MR) is 83.0 cm³/mol. The first-order chi connectivity index (χ1) is 10.0. The molecule has 2 aromatic rings. The molecule has 110 valence electrons. The van der Waals surface area contributed by atoms with E-state index in [0.29, 0.717) is 12.2 Å². The van der Waals surface area contributed by atoms with Gasteiger partial charge in [0.25, 0.3) is 0 Å². The van der Waals surface area contributed by atoms with Crippen molar-refractivity contribution in [1.82, 2.24) is 9.97 Å². The summed E-state index contributed by atoms with van der Waals surface area (Å²) < 4.78 is 0. The minimum atomic E-state index is -0.267. The van der Waals surface area contributed by atoms with E-state index >= 15 is 0 Å². The van der Waals surface area contributed by atoms with Gasteiger partial charge in [-0.15, -0.1) is 0 Å². The molecular formula is C15H19N5O. The topological polar surface area (TPSA) is 107 Å². The largest absolute Gasteiger partial charge is 0.370 e. The first kappa shape index (κ1) is 14.8. The Bertz CT molecular complexity index is 642. The monoisotopic (exact) mass is 285 g/mol. The normalized spacial score (nSPS) is 10.3. The van der Waals surface area contributed by atoms with E-state index in [0.717, 1.165) is 29.7 Å². The van der Waals surface area contributed by atoms with E-state index < -0.39 is 0 Å². The van der Waals surface area contributed by atoms with Crippen molar-refractivity contribution < 1.29 is 4.79 Å². The minimum Gasteiger partial charge on any atom is -0.370 e. The Labute approximate surface area is 123 Å². The predicted octanol–water partition coefficient (Wildman–Crippen LogP) is 1.92. The highest BCUT2D eigenvalue weighted by molar-refractivity contribution is 5.73. The van der Waals surface area contributed by atoms with Crippen LogP contribution in [0.4, 0.5) is 17.5 Å². The molecule has 0 fully saturated rings. The number of nitrogens with two attached hydrogens (primary N) is 2. The Balaban J connectivity index is 2.07.